The van der Waals surface area contributed by atoms with Crippen LogP contribution in [0.15, 0.2) is 58.7 Å². The van der Waals surface area contributed by atoms with Crippen molar-refractivity contribution in [1.29, 1.82) is 0 Å². The Morgan fingerprint density at radius 2 is 1.94 bits per heavy atom. The molecule has 4 aromatic rings. The second-order valence-corrected chi connectivity index (χ2v) is 8.90. The number of thiazole rings is 1. The van der Waals surface area contributed by atoms with Gasteiger partial charge >= 0.3 is 0 Å². The molecule has 1 aliphatic rings. The lowest BCUT2D eigenvalue weighted by Gasteiger charge is -2.33. The molecule has 0 unspecified atom stereocenters. The van der Waals surface area contributed by atoms with Gasteiger partial charge in [0, 0.05) is 55.1 Å². The summed E-state index contributed by atoms with van der Waals surface area (Å²) in [6.45, 7) is 5.51. The molecule has 0 N–H and O–H groups in total. The van der Waals surface area contributed by atoms with Crippen molar-refractivity contribution in [3.8, 4) is 22.0 Å². The number of amides is 1. The van der Waals surface area contributed by atoms with Gasteiger partial charge in [-0.15, -0.1) is 11.3 Å². The Balaban J connectivity index is 1.13. The molecule has 1 aromatic carbocycles. The van der Waals surface area contributed by atoms with Gasteiger partial charge in [-0.25, -0.2) is 4.98 Å². The fourth-order valence-electron chi connectivity index (χ4n) is 3.88. The van der Waals surface area contributed by atoms with Crippen LogP contribution >= 0.6 is 11.3 Å². The maximum atomic E-state index is 12.8. The van der Waals surface area contributed by atoms with Crippen molar-refractivity contribution in [2.24, 2.45) is 0 Å². The first-order chi connectivity index (χ1) is 16.2. The minimum absolute atomic E-state index is 0.109. The van der Waals surface area contributed by atoms with Crippen LogP contribution in [0.5, 0.6) is 0 Å². The van der Waals surface area contributed by atoms with Crippen molar-refractivity contribution in [2.45, 2.75) is 19.9 Å². The molecule has 1 fully saturated rings. The van der Waals surface area contributed by atoms with Gasteiger partial charge in [-0.05, 0) is 24.6 Å². The maximum Gasteiger partial charge on any atom is 0.241 e. The summed E-state index contributed by atoms with van der Waals surface area (Å²) in [5.74, 6) is 1.32. The number of rotatable bonds is 6. The van der Waals surface area contributed by atoms with E-state index in [1.165, 1.54) is 0 Å². The standard InChI is InChI=1S/C24H24N6O2S/c1-17-5-2-3-7-20(17)23-27-21(32-28-23)15-29-9-11-30(12-10-29)22(31)13-19-16-33-24(26-19)18-6-4-8-25-14-18/h2-8,14,16H,9-13,15H2,1H3. The van der Waals surface area contributed by atoms with Crippen LogP contribution in [0, 0.1) is 6.92 Å². The molecule has 5 rings (SSSR count). The summed E-state index contributed by atoms with van der Waals surface area (Å²) in [7, 11) is 0. The number of carbonyl (C=O) groups excluding carboxylic acids is 1. The van der Waals surface area contributed by atoms with E-state index in [1.807, 2.05) is 53.6 Å². The zero-order chi connectivity index (χ0) is 22.6. The highest BCUT2D eigenvalue weighted by atomic mass is 32.1. The summed E-state index contributed by atoms with van der Waals surface area (Å²) in [6.07, 6.45) is 3.85. The summed E-state index contributed by atoms with van der Waals surface area (Å²) in [4.78, 5) is 30.2. The number of hydrogen-bond acceptors (Lipinski definition) is 8. The van der Waals surface area contributed by atoms with Gasteiger partial charge in [-0.2, -0.15) is 4.98 Å². The predicted molar refractivity (Wildman–Crippen MR) is 125 cm³/mol. The summed E-state index contributed by atoms with van der Waals surface area (Å²) in [5.41, 5.74) is 3.88. The van der Waals surface area contributed by atoms with E-state index in [0.717, 1.165) is 40.5 Å². The largest absolute Gasteiger partial charge is 0.340 e. The van der Waals surface area contributed by atoms with Crippen molar-refractivity contribution in [3.05, 3.63) is 71.3 Å². The number of aromatic nitrogens is 4. The van der Waals surface area contributed by atoms with Crippen molar-refractivity contribution in [1.82, 2.24) is 29.9 Å². The van der Waals surface area contributed by atoms with Crippen molar-refractivity contribution in [3.63, 3.8) is 0 Å². The molecular weight excluding hydrogens is 436 g/mol. The Labute approximate surface area is 195 Å². The number of hydrogen-bond donors (Lipinski definition) is 0. The summed E-state index contributed by atoms with van der Waals surface area (Å²) < 4.78 is 5.47. The molecule has 0 bridgehead atoms. The van der Waals surface area contributed by atoms with Crippen LogP contribution < -0.4 is 0 Å². The fourth-order valence-corrected chi connectivity index (χ4v) is 4.69. The highest BCUT2D eigenvalue weighted by molar-refractivity contribution is 7.13. The Hall–Kier alpha value is -3.43. The van der Waals surface area contributed by atoms with Crippen LogP contribution in [0.2, 0.25) is 0 Å². The summed E-state index contributed by atoms with van der Waals surface area (Å²) in [5, 5.41) is 6.99. The highest BCUT2D eigenvalue weighted by Crippen LogP contribution is 2.23. The molecule has 0 spiro atoms. The second-order valence-electron chi connectivity index (χ2n) is 8.05. The molecule has 0 aliphatic carbocycles. The van der Waals surface area contributed by atoms with Crippen LogP contribution in [-0.4, -0.2) is 62.0 Å². The quantitative estimate of drug-likeness (QED) is 0.435. The topological polar surface area (TPSA) is 88.3 Å². The van der Waals surface area contributed by atoms with Crippen LogP contribution in [0.1, 0.15) is 17.1 Å². The van der Waals surface area contributed by atoms with E-state index in [0.29, 0.717) is 37.8 Å². The zero-order valence-electron chi connectivity index (χ0n) is 18.3. The van der Waals surface area contributed by atoms with Gasteiger partial charge < -0.3 is 9.42 Å². The lowest BCUT2D eigenvalue weighted by Crippen LogP contribution is -2.48. The van der Waals surface area contributed by atoms with E-state index in [4.69, 9.17) is 4.52 Å². The smallest absolute Gasteiger partial charge is 0.241 e. The molecule has 0 atom stereocenters. The van der Waals surface area contributed by atoms with Gasteiger partial charge in [0.2, 0.25) is 17.6 Å². The van der Waals surface area contributed by atoms with Crippen LogP contribution in [0.4, 0.5) is 0 Å². The van der Waals surface area contributed by atoms with Crippen LogP contribution in [0.3, 0.4) is 0 Å². The number of benzene rings is 1. The van der Waals surface area contributed by atoms with Crippen molar-refractivity contribution in [2.75, 3.05) is 26.2 Å². The lowest BCUT2D eigenvalue weighted by molar-refractivity contribution is -0.132. The molecule has 8 nitrogen and oxygen atoms in total. The van der Waals surface area contributed by atoms with Gasteiger partial charge in [0.1, 0.15) is 5.01 Å². The van der Waals surface area contributed by atoms with Gasteiger partial charge in [-0.3, -0.25) is 14.7 Å². The minimum Gasteiger partial charge on any atom is -0.340 e. The molecule has 168 valence electrons. The van der Waals surface area contributed by atoms with Crippen molar-refractivity contribution >= 4 is 17.2 Å². The third kappa shape index (κ3) is 4.99. The predicted octanol–water partition coefficient (Wildman–Crippen LogP) is 3.45. The maximum absolute atomic E-state index is 12.8. The van der Waals surface area contributed by atoms with E-state index in [2.05, 4.69) is 25.0 Å². The molecule has 4 heterocycles. The first-order valence-corrected chi connectivity index (χ1v) is 11.8. The Morgan fingerprint density at radius 1 is 1.09 bits per heavy atom. The first-order valence-electron chi connectivity index (χ1n) is 10.9. The average Bonchev–Trinajstić information content (AvgIpc) is 3.50. The molecule has 0 saturated carbocycles. The number of carbonyl (C=O) groups is 1. The highest BCUT2D eigenvalue weighted by Gasteiger charge is 2.23. The number of aryl methyl sites for hydroxylation is 1. The van der Waals surface area contributed by atoms with Gasteiger partial charge in [-0.1, -0.05) is 29.4 Å². The summed E-state index contributed by atoms with van der Waals surface area (Å²) >= 11 is 1.54. The Kier molecular flexibility index (Phi) is 6.23. The van der Waals surface area contributed by atoms with Gasteiger partial charge in [0.15, 0.2) is 0 Å². The average molecular weight is 461 g/mol. The van der Waals surface area contributed by atoms with Gasteiger partial charge in [0.25, 0.3) is 0 Å². The minimum atomic E-state index is 0.109. The van der Waals surface area contributed by atoms with E-state index in [-0.39, 0.29) is 5.91 Å². The first kappa shape index (κ1) is 21.4. The zero-order valence-corrected chi connectivity index (χ0v) is 19.2. The normalized spacial score (nSPS) is 14.5. The molecule has 3 aromatic heterocycles. The second kappa shape index (κ2) is 9.60. The van der Waals surface area contributed by atoms with Crippen LogP contribution in [0.25, 0.3) is 22.0 Å². The molecule has 1 aliphatic heterocycles. The molecule has 33 heavy (non-hydrogen) atoms. The number of piperazine rings is 1. The monoisotopic (exact) mass is 460 g/mol. The van der Waals surface area contributed by atoms with E-state index in [9.17, 15) is 4.79 Å². The third-order valence-electron chi connectivity index (χ3n) is 5.73. The van der Waals surface area contributed by atoms with E-state index in [1.54, 1.807) is 23.7 Å². The summed E-state index contributed by atoms with van der Waals surface area (Å²) in [6, 6.07) is 11.9. The molecular formula is C24H24N6O2S. The lowest BCUT2D eigenvalue weighted by atomic mass is 10.1. The number of pyridine rings is 1. The number of nitrogens with zero attached hydrogens (tertiary/aromatic N) is 6. The van der Waals surface area contributed by atoms with E-state index >= 15 is 0 Å². The third-order valence-corrected chi connectivity index (χ3v) is 6.67. The molecule has 0 radical (unpaired) electrons. The fraction of sp³-hybridized carbons (Fsp3) is 0.292. The SMILES string of the molecule is Cc1ccccc1-c1noc(CN2CCN(C(=O)Cc3csc(-c4cccnc4)n3)CC2)n1. The van der Waals surface area contributed by atoms with Gasteiger partial charge in [0.05, 0.1) is 18.7 Å². The van der Waals surface area contributed by atoms with Crippen molar-refractivity contribution < 1.29 is 9.32 Å². The molecule has 1 saturated heterocycles. The Bertz CT molecular complexity index is 1230. The molecule has 9 heteroatoms. The van der Waals surface area contributed by atoms with E-state index < -0.39 is 0 Å². The molecule has 1 amide bonds. The Morgan fingerprint density at radius 3 is 2.73 bits per heavy atom. The van der Waals surface area contributed by atoms with Crippen LogP contribution in [-0.2, 0) is 17.8 Å².